The first-order valence-corrected chi connectivity index (χ1v) is 9.95. The van der Waals surface area contributed by atoms with Gasteiger partial charge in [0, 0.05) is 23.7 Å². The molecule has 3 aromatic rings. The molecule has 9 nitrogen and oxygen atoms in total. The number of nitrogen functional groups attached to an aromatic ring is 1. The van der Waals surface area contributed by atoms with Crippen LogP contribution in [0.3, 0.4) is 0 Å². The number of benzene rings is 2. The van der Waals surface area contributed by atoms with E-state index in [-0.39, 0.29) is 18.0 Å². The first kappa shape index (κ1) is 22.2. The third kappa shape index (κ3) is 4.83. The molecule has 0 aliphatic heterocycles. The molecule has 1 unspecified atom stereocenters. The molecule has 9 heteroatoms. The van der Waals surface area contributed by atoms with E-state index in [1.807, 2.05) is 27.7 Å². The summed E-state index contributed by atoms with van der Waals surface area (Å²) in [5.74, 6) is 1.35. The highest BCUT2D eigenvalue weighted by molar-refractivity contribution is 5.95. The van der Waals surface area contributed by atoms with Crippen molar-refractivity contribution in [2.24, 2.45) is 5.73 Å². The Kier molecular flexibility index (Phi) is 6.55. The van der Waals surface area contributed by atoms with Crippen LogP contribution < -0.4 is 25.7 Å². The summed E-state index contributed by atoms with van der Waals surface area (Å²) in [6.45, 7) is 7.92. The molecule has 31 heavy (non-hydrogen) atoms. The van der Waals surface area contributed by atoms with Crippen molar-refractivity contribution in [2.75, 3.05) is 12.8 Å². The minimum atomic E-state index is -1.13. The zero-order valence-electron chi connectivity index (χ0n) is 18.3. The van der Waals surface area contributed by atoms with Gasteiger partial charge in [0.2, 0.25) is 0 Å². The van der Waals surface area contributed by atoms with Gasteiger partial charge in [0.1, 0.15) is 5.75 Å². The summed E-state index contributed by atoms with van der Waals surface area (Å²) in [6, 6.07) is 10.1. The summed E-state index contributed by atoms with van der Waals surface area (Å²) in [5, 5.41) is 4.38. The summed E-state index contributed by atoms with van der Waals surface area (Å²) >= 11 is 0. The first-order chi connectivity index (χ1) is 14.7. The van der Waals surface area contributed by atoms with Gasteiger partial charge >= 0.3 is 0 Å². The number of fused-ring (bicyclic) bond motifs is 1. The Morgan fingerprint density at radius 3 is 2.39 bits per heavy atom. The Morgan fingerprint density at radius 1 is 1.03 bits per heavy atom. The summed E-state index contributed by atoms with van der Waals surface area (Å²) in [4.78, 5) is 14.7. The number of nitrogens with two attached hydrogens (primary N) is 2. The fourth-order valence-electron chi connectivity index (χ4n) is 3.41. The van der Waals surface area contributed by atoms with Crippen LogP contribution in [0.15, 0.2) is 40.9 Å². The van der Waals surface area contributed by atoms with Gasteiger partial charge in [0.15, 0.2) is 22.9 Å². The predicted octanol–water partition coefficient (Wildman–Crippen LogP) is 3.38. The van der Waals surface area contributed by atoms with E-state index in [0.29, 0.717) is 39.6 Å². The Hall–Kier alpha value is -3.46. The van der Waals surface area contributed by atoms with E-state index in [4.69, 9.17) is 30.2 Å². The van der Waals surface area contributed by atoms with E-state index in [2.05, 4.69) is 5.16 Å². The molecule has 1 heterocycles. The SMILES string of the molecule is COc1cc(C(=O)N(C(C)C)C(C)C)ccc1OC(N)Oc1ccc2c(N)noc2c1. The molecule has 1 amide bonds. The van der Waals surface area contributed by atoms with E-state index >= 15 is 0 Å². The van der Waals surface area contributed by atoms with Crippen LogP contribution in [0.1, 0.15) is 38.1 Å². The lowest BCUT2D eigenvalue weighted by Crippen LogP contribution is -2.42. The van der Waals surface area contributed by atoms with E-state index < -0.39 is 6.41 Å². The lowest BCUT2D eigenvalue weighted by molar-refractivity contribution is 0.00986. The van der Waals surface area contributed by atoms with Crippen LogP contribution in [-0.4, -0.2) is 41.6 Å². The minimum Gasteiger partial charge on any atom is -0.493 e. The molecule has 1 aromatic heterocycles. The van der Waals surface area contributed by atoms with Crippen molar-refractivity contribution in [3.8, 4) is 17.2 Å². The number of rotatable bonds is 8. The number of hydrogen-bond donors (Lipinski definition) is 2. The highest BCUT2D eigenvalue weighted by Crippen LogP contribution is 2.30. The fraction of sp³-hybridized carbons (Fsp3) is 0.364. The van der Waals surface area contributed by atoms with E-state index in [9.17, 15) is 4.79 Å². The van der Waals surface area contributed by atoms with Gasteiger partial charge < -0.3 is 29.4 Å². The maximum absolute atomic E-state index is 12.9. The van der Waals surface area contributed by atoms with Crippen molar-refractivity contribution < 1.29 is 23.5 Å². The van der Waals surface area contributed by atoms with Gasteiger partial charge in [0.05, 0.1) is 12.5 Å². The number of nitrogens with zero attached hydrogens (tertiary/aromatic N) is 2. The predicted molar refractivity (Wildman–Crippen MR) is 117 cm³/mol. The lowest BCUT2D eigenvalue weighted by atomic mass is 10.1. The second-order valence-corrected chi connectivity index (χ2v) is 7.60. The summed E-state index contributed by atoms with van der Waals surface area (Å²) < 4.78 is 21.8. The maximum atomic E-state index is 12.9. The molecule has 3 rings (SSSR count). The van der Waals surface area contributed by atoms with Crippen LogP contribution in [0, 0.1) is 0 Å². The van der Waals surface area contributed by atoms with Crippen molar-refractivity contribution in [3.05, 3.63) is 42.0 Å². The molecular weight excluding hydrogens is 400 g/mol. The van der Waals surface area contributed by atoms with Crippen LogP contribution in [0.2, 0.25) is 0 Å². The third-order valence-electron chi connectivity index (χ3n) is 4.72. The van der Waals surface area contributed by atoms with E-state index in [1.54, 1.807) is 41.3 Å². The Bertz CT molecular complexity index is 1060. The fourth-order valence-corrected chi connectivity index (χ4v) is 3.41. The molecule has 1 atom stereocenters. The van der Waals surface area contributed by atoms with Gasteiger partial charge in [-0.25, -0.2) is 0 Å². The average Bonchev–Trinajstić information content (AvgIpc) is 3.07. The van der Waals surface area contributed by atoms with Crippen molar-refractivity contribution in [3.63, 3.8) is 0 Å². The Labute approximate surface area is 180 Å². The number of anilines is 1. The number of amides is 1. The van der Waals surface area contributed by atoms with Gasteiger partial charge in [-0.3, -0.25) is 10.5 Å². The molecule has 0 saturated carbocycles. The van der Waals surface area contributed by atoms with Crippen molar-refractivity contribution >= 4 is 22.7 Å². The molecule has 0 saturated heterocycles. The van der Waals surface area contributed by atoms with Crippen molar-refractivity contribution in [2.45, 2.75) is 46.2 Å². The average molecular weight is 428 g/mol. The summed E-state index contributed by atoms with van der Waals surface area (Å²) in [6.07, 6.45) is -1.13. The van der Waals surface area contributed by atoms with Crippen LogP contribution in [-0.2, 0) is 0 Å². The smallest absolute Gasteiger partial charge is 0.299 e. The monoisotopic (exact) mass is 428 g/mol. The number of carbonyl (C=O) groups is 1. The van der Waals surface area contributed by atoms with Gasteiger partial charge in [-0.2, -0.15) is 0 Å². The molecular formula is C22H28N4O5. The second kappa shape index (κ2) is 9.13. The van der Waals surface area contributed by atoms with Crippen LogP contribution in [0.5, 0.6) is 17.2 Å². The van der Waals surface area contributed by atoms with Crippen molar-refractivity contribution in [1.82, 2.24) is 10.1 Å². The molecule has 0 aliphatic rings. The zero-order valence-corrected chi connectivity index (χ0v) is 18.3. The molecule has 0 fully saturated rings. The van der Waals surface area contributed by atoms with Crippen molar-refractivity contribution in [1.29, 1.82) is 0 Å². The largest absolute Gasteiger partial charge is 0.493 e. The highest BCUT2D eigenvalue weighted by atomic mass is 16.7. The third-order valence-corrected chi connectivity index (χ3v) is 4.72. The quantitative estimate of drug-likeness (QED) is 0.523. The molecule has 2 aromatic carbocycles. The molecule has 0 spiro atoms. The summed E-state index contributed by atoms with van der Waals surface area (Å²) in [5.41, 5.74) is 12.7. The molecule has 4 N–H and O–H groups in total. The molecule has 0 bridgehead atoms. The number of hydrogen-bond acceptors (Lipinski definition) is 8. The van der Waals surface area contributed by atoms with Gasteiger partial charge in [-0.15, -0.1) is 0 Å². The van der Waals surface area contributed by atoms with Crippen LogP contribution >= 0.6 is 0 Å². The van der Waals surface area contributed by atoms with Gasteiger partial charge in [-0.1, -0.05) is 5.16 Å². The second-order valence-electron chi connectivity index (χ2n) is 7.60. The number of ether oxygens (including phenoxy) is 3. The zero-order chi connectivity index (χ0) is 22.7. The number of aromatic nitrogens is 1. The van der Waals surface area contributed by atoms with E-state index in [1.165, 1.54) is 7.11 Å². The molecule has 0 aliphatic carbocycles. The number of carbonyl (C=O) groups excluding carboxylic acids is 1. The summed E-state index contributed by atoms with van der Waals surface area (Å²) in [7, 11) is 1.49. The standard InChI is InChI=1S/C22H28N4O5/c1-12(2)26(13(3)4)21(27)14-6-9-17(19(10-14)28-5)30-22(24)29-15-7-8-16-18(11-15)31-25-20(16)23/h6-13,22H,24H2,1-5H3,(H2,23,25). The Morgan fingerprint density at radius 2 is 1.74 bits per heavy atom. The van der Waals surface area contributed by atoms with Crippen LogP contribution in [0.4, 0.5) is 5.82 Å². The number of methoxy groups -OCH3 is 1. The lowest BCUT2D eigenvalue weighted by Gasteiger charge is -2.31. The van der Waals surface area contributed by atoms with E-state index in [0.717, 1.165) is 0 Å². The molecule has 166 valence electrons. The minimum absolute atomic E-state index is 0.0632. The molecule has 0 radical (unpaired) electrons. The topological polar surface area (TPSA) is 126 Å². The van der Waals surface area contributed by atoms with Gasteiger partial charge in [0.25, 0.3) is 12.3 Å². The highest BCUT2D eigenvalue weighted by Gasteiger charge is 2.23. The maximum Gasteiger partial charge on any atom is 0.299 e. The van der Waals surface area contributed by atoms with Gasteiger partial charge in [-0.05, 0) is 58.0 Å². The normalized spacial score (nSPS) is 12.3. The first-order valence-electron chi connectivity index (χ1n) is 9.95. The van der Waals surface area contributed by atoms with Crippen LogP contribution in [0.25, 0.3) is 11.0 Å². The Balaban J connectivity index is 1.75.